The summed E-state index contributed by atoms with van der Waals surface area (Å²) in [5.41, 5.74) is 0. The van der Waals surface area contributed by atoms with E-state index in [-0.39, 0.29) is 24.3 Å². The zero-order valence-corrected chi connectivity index (χ0v) is 8.90. The fourth-order valence-corrected chi connectivity index (χ4v) is 1.53. The first-order chi connectivity index (χ1) is 6.93. The van der Waals surface area contributed by atoms with E-state index in [4.69, 9.17) is 5.11 Å². The molecule has 2 amide bonds. The summed E-state index contributed by atoms with van der Waals surface area (Å²) in [6, 6.07) is 0. The van der Waals surface area contributed by atoms with E-state index in [1.807, 2.05) is 0 Å². The maximum absolute atomic E-state index is 11.6. The molecule has 1 N–H and O–H groups in total. The van der Waals surface area contributed by atoms with Crippen molar-refractivity contribution in [3.05, 3.63) is 0 Å². The largest absolute Gasteiger partial charge is 0.481 e. The van der Waals surface area contributed by atoms with Crippen molar-refractivity contribution >= 4 is 17.8 Å². The summed E-state index contributed by atoms with van der Waals surface area (Å²) < 4.78 is 0. The van der Waals surface area contributed by atoms with E-state index >= 15 is 0 Å². The van der Waals surface area contributed by atoms with Gasteiger partial charge in [0.2, 0.25) is 11.8 Å². The van der Waals surface area contributed by atoms with Crippen LogP contribution >= 0.6 is 0 Å². The van der Waals surface area contributed by atoms with Crippen molar-refractivity contribution in [1.29, 1.82) is 0 Å². The molecule has 1 aliphatic heterocycles. The molecule has 84 valence electrons. The number of rotatable bonds is 3. The molecule has 1 fully saturated rings. The summed E-state index contributed by atoms with van der Waals surface area (Å²) in [6.45, 7) is 3.23. The first-order valence-electron chi connectivity index (χ1n) is 5.00. The van der Waals surface area contributed by atoms with Crippen LogP contribution in [-0.4, -0.2) is 34.3 Å². The number of likely N-dealkylation sites (tertiary alicyclic amines) is 1. The van der Waals surface area contributed by atoms with Crippen LogP contribution in [0.1, 0.15) is 26.7 Å². The molecule has 1 rings (SSSR count). The van der Waals surface area contributed by atoms with Gasteiger partial charge < -0.3 is 5.11 Å². The molecule has 0 bridgehead atoms. The molecule has 1 heterocycles. The zero-order valence-electron chi connectivity index (χ0n) is 8.90. The Labute approximate surface area is 88.1 Å². The Kier molecular flexibility index (Phi) is 3.44. The third-order valence-electron chi connectivity index (χ3n) is 2.66. The number of aliphatic carboxylic acids is 1. The number of amides is 2. The van der Waals surface area contributed by atoms with Gasteiger partial charge in [-0.1, -0.05) is 13.8 Å². The Bertz CT molecular complexity index is 300. The Balaban J connectivity index is 2.69. The predicted octanol–water partition coefficient (Wildman–Crippen LogP) is 0.492. The number of carboxylic acids is 1. The van der Waals surface area contributed by atoms with Crippen molar-refractivity contribution in [2.24, 2.45) is 11.8 Å². The van der Waals surface area contributed by atoms with Crippen molar-refractivity contribution < 1.29 is 19.5 Å². The summed E-state index contributed by atoms with van der Waals surface area (Å²) in [7, 11) is 0. The summed E-state index contributed by atoms with van der Waals surface area (Å²) in [5, 5.41) is 8.70. The monoisotopic (exact) mass is 213 g/mol. The molecule has 0 aromatic rings. The number of carbonyl (C=O) groups excluding carboxylic acids is 2. The van der Waals surface area contributed by atoms with Gasteiger partial charge in [-0.05, 0) is 6.42 Å². The Morgan fingerprint density at radius 1 is 1.60 bits per heavy atom. The molecule has 0 aromatic heterocycles. The lowest BCUT2D eigenvalue weighted by atomic mass is 9.97. The smallest absolute Gasteiger partial charge is 0.308 e. The maximum atomic E-state index is 11.6. The highest BCUT2D eigenvalue weighted by Crippen LogP contribution is 2.19. The van der Waals surface area contributed by atoms with Crippen LogP contribution in [0.15, 0.2) is 0 Å². The average molecular weight is 213 g/mol. The van der Waals surface area contributed by atoms with Crippen LogP contribution in [0.4, 0.5) is 0 Å². The van der Waals surface area contributed by atoms with Gasteiger partial charge in [0.15, 0.2) is 0 Å². The second-order valence-electron chi connectivity index (χ2n) is 4.02. The molecule has 5 heteroatoms. The summed E-state index contributed by atoms with van der Waals surface area (Å²) in [5.74, 6) is -2.38. The number of carbonyl (C=O) groups is 3. The standard InChI is InChI=1S/C10H15NO4/c1-6-3-4-8(12)11(9(6)13)5-7(2)10(14)15/h6-7H,3-5H2,1-2H3,(H,14,15). The fourth-order valence-electron chi connectivity index (χ4n) is 1.53. The quantitative estimate of drug-likeness (QED) is 0.692. The predicted molar refractivity (Wildman–Crippen MR) is 51.9 cm³/mol. The Morgan fingerprint density at radius 3 is 2.73 bits per heavy atom. The Morgan fingerprint density at radius 2 is 2.20 bits per heavy atom. The van der Waals surface area contributed by atoms with Crippen LogP contribution in [0.5, 0.6) is 0 Å². The van der Waals surface area contributed by atoms with Crippen molar-refractivity contribution in [3.8, 4) is 0 Å². The Hall–Kier alpha value is -1.39. The molecule has 5 nitrogen and oxygen atoms in total. The van der Waals surface area contributed by atoms with E-state index < -0.39 is 11.9 Å². The lowest BCUT2D eigenvalue weighted by Gasteiger charge is -2.29. The molecule has 1 saturated heterocycles. The minimum Gasteiger partial charge on any atom is -0.481 e. The van der Waals surface area contributed by atoms with Crippen molar-refractivity contribution in [2.75, 3.05) is 6.54 Å². The fraction of sp³-hybridized carbons (Fsp3) is 0.700. The molecule has 2 atom stereocenters. The number of hydrogen-bond acceptors (Lipinski definition) is 3. The van der Waals surface area contributed by atoms with Gasteiger partial charge in [0.05, 0.1) is 5.92 Å². The van der Waals surface area contributed by atoms with Crippen LogP contribution in [0, 0.1) is 11.8 Å². The summed E-state index contributed by atoms with van der Waals surface area (Å²) in [4.78, 5) is 34.7. The van der Waals surface area contributed by atoms with Gasteiger partial charge in [0, 0.05) is 18.9 Å². The van der Waals surface area contributed by atoms with Gasteiger partial charge in [-0.3, -0.25) is 19.3 Å². The minimum atomic E-state index is -0.992. The van der Waals surface area contributed by atoms with E-state index in [0.29, 0.717) is 12.8 Å². The first-order valence-corrected chi connectivity index (χ1v) is 5.00. The number of nitrogens with zero attached hydrogens (tertiary/aromatic N) is 1. The molecule has 15 heavy (non-hydrogen) atoms. The summed E-state index contributed by atoms with van der Waals surface area (Å²) in [6.07, 6.45) is 0.898. The maximum Gasteiger partial charge on any atom is 0.308 e. The summed E-state index contributed by atoms with van der Waals surface area (Å²) >= 11 is 0. The van der Waals surface area contributed by atoms with Gasteiger partial charge in [0.1, 0.15) is 0 Å². The zero-order chi connectivity index (χ0) is 11.6. The number of carboxylic acid groups (broad SMARTS) is 1. The van der Waals surface area contributed by atoms with E-state index in [0.717, 1.165) is 4.90 Å². The molecular formula is C10H15NO4. The normalized spacial score (nSPS) is 24.1. The number of hydrogen-bond donors (Lipinski definition) is 1. The van der Waals surface area contributed by atoms with Gasteiger partial charge in [-0.25, -0.2) is 0 Å². The highest BCUT2D eigenvalue weighted by atomic mass is 16.4. The highest BCUT2D eigenvalue weighted by molar-refractivity contribution is 5.98. The molecular weight excluding hydrogens is 198 g/mol. The molecule has 0 radical (unpaired) electrons. The SMILES string of the molecule is CC(CN1C(=O)CCC(C)C1=O)C(=O)O. The molecule has 0 spiro atoms. The molecule has 2 unspecified atom stereocenters. The van der Waals surface area contributed by atoms with Crippen LogP contribution in [0.3, 0.4) is 0 Å². The van der Waals surface area contributed by atoms with Crippen molar-refractivity contribution in [2.45, 2.75) is 26.7 Å². The highest BCUT2D eigenvalue weighted by Gasteiger charge is 2.33. The average Bonchev–Trinajstić information content (AvgIpc) is 2.18. The lowest BCUT2D eigenvalue weighted by molar-refractivity contribution is -0.153. The van der Waals surface area contributed by atoms with Crippen LogP contribution in [0.2, 0.25) is 0 Å². The van der Waals surface area contributed by atoms with Gasteiger partial charge in [-0.2, -0.15) is 0 Å². The van der Waals surface area contributed by atoms with Gasteiger partial charge in [-0.15, -0.1) is 0 Å². The topological polar surface area (TPSA) is 74.7 Å². The van der Waals surface area contributed by atoms with Crippen LogP contribution in [0.25, 0.3) is 0 Å². The van der Waals surface area contributed by atoms with Crippen molar-refractivity contribution in [3.63, 3.8) is 0 Å². The number of imide groups is 1. The van der Waals surface area contributed by atoms with E-state index in [9.17, 15) is 14.4 Å². The molecule has 0 aliphatic carbocycles. The minimum absolute atomic E-state index is 0.0165. The van der Waals surface area contributed by atoms with E-state index in [1.165, 1.54) is 6.92 Å². The van der Waals surface area contributed by atoms with E-state index in [2.05, 4.69) is 0 Å². The third kappa shape index (κ3) is 2.55. The molecule has 0 saturated carbocycles. The van der Waals surface area contributed by atoms with E-state index in [1.54, 1.807) is 6.92 Å². The van der Waals surface area contributed by atoms with Gasteiger partial charge >= 0.3 is 5.97 Å². The first kappa shape index (κ1) is 11.7. The number of piperidine rings is 1. The third-order valence-corrected chi connectivity index (χ3v) is 2.66. The van der Waals surface area contributed by atoms with Crippen molar-refractivity contribution in [1.82, 2.24) is 4.90 Å². The second kappa shape index (κ2) is 4.42. The lowest BCUT2D eigenvalue weighted by Crippen LogP contribution is -2.47. The molecule has 1 aliphatic rings. The second-order valence-corrected chi connectivity index (χ2v) is 4.02. The van der Waals surface area contributed by atoms with Crippen LogP contribution < -0.4 is 0 Å². The molecule has 0 aromatic carbocycles. The van der Waals surface area contributed by atoms with Crippen LogP contribution in [-0.2, 0) is 14.4 Å². The van der Waals surface area contributed by atoms with Gasteiger partial charge in [0.25, 0.3) is 0 Å².